The van der Waals surface area contributed by atoms with Gasteiger partial charge < -0.3 is 14.7 Å². The monoisotopic (exact) mass is 435 g/mol. The fraction of sp³-hybridized carbons (Fsp3) is 0.560. The average Bonchev–Trinajstić information content (AvgIpc) is 3.65. The Hall–Kier alpha value is -2.83. The molecular formula is C25H33N5O2. The third-order valence-corrected chi connectivity index (χ3v) is 7.08. The van der Waals surface area contributed by atoms with E-state index < -0.39 is 0 Å². The van der Waals surface area contributed by atoms with Crippen LogP contribution in [0.1, 0.15) is 32.1 Å². The molecule has 1 atom stereocenters. The summed E-state index contributed by atoms with van der Waals surface area (Å²) in [5.74, 6) is 1.23. The van der Waals surface area contributed by atoms with E-state index in [1.165, 1.54) is 18.5 Å². The number of para-hydroxylation sites is 1. The lowest BCUT2D eigenvalue weighted by Crippen LogP contribution is -2.49. The number of aromatic nitrogens is 2. The van der Waals surface area contributed by atoms with Crippen LogP contribution >= 0.6 is 0 Å². The van der Waals surface area contributed by atoms with Crippen LogP contribution in [0.4, 0.5) is 11.4 Å². The van der Waals surface area contributed by atoms with Gasteiger partial charge in [0, 0.05) is 64.0 Å². The van der Waals surface area contributed by atoms with E-state index in [4.69, 9.17) is 0 Å². The van der Waals surface area contributed by atoms with Crippen molar-refractivity contribution in [3.63, 3.8) is 0 Å². The summed E-state index contributed by atoms with van der Waals surface area (Å²) in [6.07, 6.45) is 6.95. The van der Waals surface area contributed by atoms with Gasteiger partial charge in [-0.25, -0.2) is 4.68 Å². The molecule has 2 aliphatic heterocycles. The Balaban J connectivity index is 1.14. The molecule has 7 heteroatoms. The number of hydrogen-bond acceptors (Lipinski definition) is 5. The number of anilines is 2. The Bertz CT molecular complexity index is 979. The first-order chi connectivity index (χ1) is 15.7. The Kier molecular flexibility index (Phi) is 6.14. The summed E-state index contributed by atoms with van der Waals surface area (Å²) in [6, 6.07) is 12.1. The number of benzene rings is 1. The van der Waals surface area contributed by atoms with Gasteiger partial charge in [0.15, 0.2) is 0 Å². The Morgan fingerprint density at radius 3 is 2.41 bits per heavy atom. The maximum Gasteiger partial charge on any atom is 0.268 e. The molecule has 3 aliphatic rings. The van der Waals surface area contributed by atoms with Gasteiger partial charge in [0.05, 0.1) is 11.9 Å². The fourth-order valence-corrected chi connectivity index (χ4v) is 4.97. The normalized spacial score (nSPS) is 21.6. The number of amides is 1. The molecule has 1 unspecified atom stereocenters. The summed E-state index contributed by atoms with van der Waals surface area (Å²) in [7, 11) is 0. The summed E-state index contributed by atoms with van der Waals surface area (Å²) in [4.78, 5) is 32.1. The van der Waals surface area contributed by atoms with Crippen LogP contribution in [0, 0.1) is 11.8 Å². The van der Waals surface area contributed by atoms with E-state index in [0.717, 1.165) is 64.3 Å². The molecule has 0 spiro atoms. The minimum atomic E-state index is -0.0103. The highest BCUT2D eigenvalue weighted by molar-refractivity contribution is 5.77. The quantitative estimate of drug-likeness (QED) is 0.698. The average molecular weight is 436 g/mol. The summed E-state index contributed by atoms with van der Waals surface area (Å²) in [5.41, 5.74) is 2.12. The molecule has 7 nitrogen and oxygen atoms in total. The summed E-state index contributed by atoms with van der Waals surface area (Å²) in [5, 5.41) is 4.41. The molecule has 170 valence electrons. The van der Waals surface area contributed by atoms with E-state index >= 15 is 0 Å². The van der Waals surface area contributed by atoms with Crippen molar-refractivity contribution < 1.29 is 4.79 Å². The second kappa shape index (κ2) is 9.35. The molecule has 1 saturated carbocycles. The third-order valence-electron chi connectivity index (χ3n) is 7.08. The van der Waals surface area contributed by atoms with Crippen molar-refractivity contribution in [2.24, 2.45) is 11.8 Å². The zero-order chi connectivity index (χ0) is 21.9. The van der Waals surface area contributed by atoms with Gasteiger partial charge in [0.2, 0.25) is 5.91 Å². The molecule has 0 N–H and O–H groups in total. The number of nitrogens with zero attached hydrogens (tertiary/aromatic N) is 5. The first-order valence-corrected chi connectivity index (χ1v) is 12.1. The van der Waals surface area contributed by atoms with Gasteiger partial charge in [-0.2, -0.15) is 5.10 Å². The number of carbonyl (C=O) groups is 1. The first kappa shape index (κ1) is 21.0. The standard InChI is InChI=1S/C25H33N5O2/c31-24(28-13-11-27(12-14-28)22-6-2-1-3-7-22)15-21-5-4-10-29(18-21)23-16-25(32)30(26-17-23)19-20-8-9-20/h1-3,6-7,16-17,20-21H,4-5,8-15,18-19H2. The number of piperazine rings is 1. The van der Waals surface area contributed by atoms with Gasteiger partial charge in [-0.1, -0.05) is 18.2 Å². The highest BCUT2D eigenvalue weighted by Crippen LogP contribution is 2.30. The lowest BCUT2D eigenvalue weighted by atomic mass is 9.93. The van der Waals surface area contributed by atoms with Crippen molar-refractivity contribution in [1.29, 1.82) is 0 Å². The van der Waals surface area contributed by atoms with Crippen molar-refractivity contribution in [1.82, 2.24) is 14.7 Å². The lowest BCUT2D eigenvalue weighted by molar-refractivity contribution is -0.132. The third kappa shape index (κ3) is 4.97. The Labute approximate surface area is 189 Å². The smallest absolute Gasteiger partial charge is 0.268 e. The van der Waals surface area contributed by atoms with E-state index in [1.807, 2.05) is 17.2 Å². The predicted octanol–water partition coefficient (Wildman–Crippen LogP) is 2.61. The Morgan fingerprint density at radius 1 is 0.906 bits per heavy atom. The Morgan fingerprint density at radius 2 is 1.69 bits per heavy atom. The molecule has 0 radical (unpaired) electrons. The van der Waals surface area contributed by atoms with Gasteiger partial charge in [0.25, 0.3) is 5.56 Å². The highest BCUT2D eigenvalue weighted by Gasteiger charge is 2.28. The second-order valence-corrected chi connectivity index (χ2v) is 9.54. The van der Waals surface area contributed by atoms with Crippen LogP contribution < -0.4 is 15.4 Å². The predicted molar refractivity (Wildman–Crippen MR) is 126 cm³/mol. The molecule has 1 aliphatic carbocycles. The molecule has 1 aromatic heterocycles. The van der Waals surface area contributed by atoms with E-state index in [9.17, 15) is 9.59 Å². The molecule has 3 fully saturated rings. The van der Waals surface area contributed by atoms with Crippen LogP contribution in [0.3, 0.4) is 0 Å². The molecule has 2 saturated heterocycles. The van der Waals surface area contributed by atoms with Crippen molar-refractivity contribution in [3.8, 4) is 0 Å². The summed E-state index contributed by atoms with van der Waals surface area (Å²) < 4.78 is 1.60. The fourth-order valence-electron chi connectivity index (χ4n) is 4.97. The van der Waals surface area contributed by atoms with E-state index in [2.05, 4.69) is 39.2 Å². The van der Waals surface area contributed by atoms with Crippen molar-refractivity contribution in [3.05, 3.63) is 52.9 Å². The van der Waals surface area contributed by atoms with Crippen LogP contribution in [0.5, 0.6) is 0 Å². The van der Waals surface area contributed by atoms with Gasteiger partial charge in [0.1, 0.15) is 0 Å². The number of carbonyl (C=O) groups excluding carboxylic acids is 1. The van der Waals surface area contributed by atoms with Gasteiger partial charge in [-0.15, -0.1) is 0 Å². The van der Waals surface area contributed by atoms with Crippen molar-refractivity contribution in [2.75, 3.05) is 49.1 Å². The van der Waals surface area contributed by atoms with Crippen LogP contribution in [0.2, 0.25) is 0 Å². The van der Waals surface area contributed by atoms with E-state index in [0.29, 0.717) is 18.3 Å². The number of hydrogen-bond donors (Lipinski definition) is 0. The van der Waals surface area contributed by atoms with E-state index in [-0.39, 0.29) is 11.5 Å². The summed E-state index contributed by atoms with van der Waals surface area (Å²) >= 11 is 0. The van der Waals surface area contributed by atoms with Crippen LogP contribution in [-0.4, -0.2) is 59.9 Å². The zero-order valence-corrected chi connectivity index (χ0v) is 18.7. The highest BCUT2D eigenvalue weighted by atomic mass is 16.2. The molecule has 32 heavy (non-hydrogen) atoms. The molecule has 5 rings (SSSR count). The molecular weight excluding hydrogens is 402 g/mol. The minimum Gasteiger partial charge on any atom is -0.370 e. The van der Waals surface area contributed by atoms with E-state index in [1.54, 1.807) is 10.7 Å². The molecule has 0 bridgehead atoms. The summed E-state index contributed by atoms with van der Waals surface area (Å²) in [6.45, 7) is 5.83. The SMILES string of the molecule is O=C(CC1CCCN(c2cnn(CC3CC3)c(=O)c2)C1)N1CCN(c2ccccc2)CC1. The molecule has 1 amide bonds. The van der Waals surface area contributed by atoms with Gasteiger partial charge in [-0.05, 0) is 49.7 Å². The van der Waals surface area contributed by atoms with Crippen LogP contribution in [-0.2, 0) is 11.3 Å². The topological polar surface area (TPSA) is 61.7 Å². The molecule has 2 aromatic rings. The maximum atomic E-state index is 13.0. The largest absolute Gasteiger partial charge is 0.370 e. The minimum absolute atomic E-state index is 0.0103. The van der Waals surface area contributed by atoms with Crippen molar-refractivity contribution >= 4 is 17.3 Å². The van der Waals surface area contributed by atoms with Gasteiger partial charge in [-0.3, -0.25) is 9.59 Å². The van der Waals surface area contributed by atoms with Crippen molar-refractivity contribution in [2.45, 2.75) is 38.6 Å². The number of rotatable bonds is 6. The molecule has 1 aromatic carbocycles. The zero-order valence-electron chi connectivity index (χ0n) is 18.7. The maximum absolute atomic E-state index is 13.0. The first-order valence-electron chi connectivity index (χ1n) is 12.1. The van der Waals surface area contributed by atoms with Crippen LogP contribution in [0.25, 0.3) is 0 Å². The van der Waals surface area contributed by atoms with Gasteiger partial charge >= 0.3 is 0 Å². The van der Waals surface area contributed by atoms with Crippen LogP contribution in [0.15, 0.2) is 47.4 Å². The lowest BCUT2D eigenvalue weighted by Gasteiger charge is -2.38. The second-order valence-electron chi connectivity index (χ2n) is 9.54. The number of piperidine rings is 1. The molecule has 3 heterocycles.